The Balaban J connectivity index is 1.51. The van der Waals surface area contributed by atoms with Crippen molar-refractivity contribution in [3.05, 3.63) is 137 Å². The molecule has 0 aliphatic carbocycles. The van der Waals surface area contributed by atoms with E-state index in [1.807, 2.05) is 60.7 Å². The standard InChI is InChI=1S/C32H27ClN2O5S/c33-25-15-13-24(14-16-25)30(36)34-28(19-22-11-17-27(18-12-22)40-26-9-5-2-6-10-26)31(37)35-29(32(38)39)21-41-20-23-7-3-1-4-8-23/h1-19,29H,20-21H2,(H,34,36)(H,35,37)(H,38,39)/b28-19-/t29-/m0/s1. The molecular formula is C32H27ClN2O5S. The molecule has 2 amide bonds. The molecule has 0 spiro atoms. The van der Waals surface area contributed by atoms with E-state index in [1.54, 1.807) is 36.4 Å². The summed E-state index contributed by atoms with van der Waals surface area (Å²) in [5.74, 6) is -0.457. The van der Waals surface area contributed by atoms with Crippen molar-refractivity contribution in [1.29, 1.82) is 0 Å². The molecule has 208 valence electrons. The highest BCUT2D eigenvalue weighted by molar-refractivity contribution is 7.98. The summed E-state index contributed by atoms with van der Waals surface area (Å²) in [4.78, 5) is 38.2. The molecule has 4 aromatic carbocycles. The maximum Gasteiger partial charge on any atom is 0.327 e. The van der Waals surface area contributed by atoms with E-state index in [0.29, 0.717) is 27.8 Å². The molecule has 0 bridgehead atoms. The molecule has 0 aliphatic heterocycles. The summed E-state index contributed by atoms with van der Waals surface area (Å²) in [5.41, 5.74) is 1.81. The third kappa shape index (κ3) is 9.27. The molecular weight excluding hydrogens is 560 g/mol. The molecule has 0 aliphatic rings. The lowest BCUT2D eigenvalue weighted by atomic mass is 10.1. The van der Waals surface area contributed by atoms with Gasteiger partial charge in [-0.05, 0) is 65.7 Å². The average Bonchev–Trinajstić information content (AvgIpc) is 2.98. The first-order valence-electron chi connectivity index (χ1n) is 12.6. The Morgan fingerprint density at radius 3 is 2.07 bits per heavy atom. The van der Waals surface area contributed by atoms with Crippen molar-refractivity contribution < 1.29 is 24.2 Å². The van der Waals surface area contributed by atoms with Crippen LogP contribution in [-0.2, 0) is 15.3 Å². The van der Waals surface area contributed by atoms with Gasteiger partial charge in [0.2, 0.25) is 0 Å². The summed E-state index contributed by atoms with van der Waals surface area (Å²) in [6.07, 6.45) is 1.48. The number of hydrogen-bond donors (Lipinski definition) is 3. The number of carbonyl (C=O) groups excluding carboxylic acids is 2. The first kappa shape index (κ1) is 29.5. The van der Waals surface area contributed by atoms with Crippen LogP contribution in [0.15, 0.2) is 115 Å². The van der Waals surface area contributed by atoms with Gasteiger partial charge in [-0.2, -0.15) is 11.8 Å². The fourth-order valence-corrected chi connectivity index (χ4v) is 4.79. The van der Waals surface area contributed by atoms with E-state index in [9.17, 15) is 19.5 Å². The molecule has 4 rings (SSSR count). The molecule has 0 fully saturated rings. The Kier molecular flexibility index (Phi) is 10.6. The Labute approximate surface area is 247 Å². The highest BCUT2D eigenvalue weighted by Gasteiger charge is 2.23. The molecule has 0 saturated carbocycles. The van der Waals surface area contributed by atoms with Crippen LogP contribution in [0.4, 0.5) is 0 Å². The number of ether oxygens (including phenoxy) is 1. The first-order chi connectivity index (χ1) is 19.9. The van der Waals surface area contributed by atoms with Crippen LogP contribution in [0.2, 0.25) is 5.02 Å². The van der Waals surface area contributed by atoms with Gasteiger partial charge in [0.15, 0.2) is 0 Å². The molecule has 0 saturated heterocycles. The third-order valence-electron chi connectivity index (χ3n) is 5.77. The van der Waals surface area contributed by atoms with Crippen molar-refractivity contribution in [1.82, 2.24) is 10.6 Å². The number of carbonyl (C=O) groups is 3. The largest absolute Gasteiger partial charge is 0.480 e. The summed E-state index contributed by atoms with van der Waals surface area (Å²) in [6, 6.07) is 30.9. The van der Waals surface area contributed by atoms with Gasteiger partial charge in [-0.25, -0.2) is 4.79 Å². The molecule has 4 aromatic rings. The maximum absolute atomic E-state index is 13.3. The number of carboxylic acid groups (broad SMARTS) is 1. The number of hydrogen-bond acceptors (Lipinski definition) is 5. The van der Waals surface area contributed by atoms with E-state index in [4.69, 9.17) is 16.3 Å². The van der Waals surface area contributed by atoms with E-state index < -0.39 is 23.8 Å². The van der Waals surface area contributed by atoms with Crippen LogP contribution in [-0.4, -0.2) is 34.7 Å². The number of rotatable bonds is 12. The second-order valence-corrected chi connectivity index (χ2v) is 10.3. The predicted molar refractivity (Wildman–Crippen MR) is 162 cm³/mol. The number of halogens is 1. The molecule has 0 unspecified atom stereocenters. The van der Waals surface area contributed by atoms with Gasteiger partial charge >= 0.3 is 5.97 Å². The number of amides is 2. The lowest BCUT2D eigenvalue weighted by Gasteiger charge is -2.17. The Morgan fingerprint density at radius 1 is 0.829 bits per heavy atom. The molecule has 3 N–H and O–H groups in total. The van der Waals surface area contributed by atoms with Gasteiger partial charge < -0.3 is 20.5 Å². The number of nitrogens with one attached hydrogen (secondary N) is 2. The summed E-state index contributed by atoms with van der Waals surface area (Å²) >= 11 is 7.32. The molecule has 41 heavy (non-hydrogen) atoms. The zero-order valence-electron chi connectivity index (χ0n) is 21.8. The second kappa shape index (κ2) is 14.7. The minimum absolute atomic E-state index is 0.110. The zero-order chi connectivity index (χ0) is 29.0. The number of para-hydroxylation sites is 1. The van der Waals surface area contributed by atoms with E-state index in [0.717, 1.165) is 5.56 Å². The van der Waals surface area contributed by atoms with Gasteiger partial charge in [0, 0.05) is 22.1 Å². The Hall–Kier alpha value is -4.53. The number of benzene rings is 4. The van der Waals surface area contributed by atoms with Crippen molar-refractivity contribution in [2.75, 3.05) is 5.75 Å². The zero-order valence-corrected chi connectivity index (χ0v) is 23.4. The van der Waals surface area contributed by atoms with E-state index in [-0.39, 0.29) is 17.0 Å². The van der Waals surface area contributed by atoms with Gasteiger partial charge in [-0.1, -0.05) is 72.3 Å². The highest BCUT2D eigenvalue weighted by atomic mass is 35.5. The highest BCUT2D eigenvalue weighted by Crippen LogP contribution is 2.22. The number of carboxylic acids is 1. The SMILES string of the molecule is O=C(N[C@@H](CSCc1ccccc1)C(=O)O)/C(=C/c1ccc(Oc2ccccc2)cc1)NC(=O)c1ccc(Cl)cc1. The van der Waals surface area contributed by atoms with Gasteiger partial charge in [0.25, 0.3) is 11.8 Å². The molecule has 1 atom stereocenters. The quantitative estimate of drug-likeness (QED) is 0.166. The van der Waals surface area contributed by atoms with Crippen molar-refractivity contribution in [3.63, 3.8) is 0 Å². The van der Waals surface area contributed by atoms with E-state index in [2.05, 4.69) is 10.6 Å². The predicted octanol–water partition coefficient (Wildman–Crippen LogP) is 6.41. The molecule has 0 radical (unpaired) electrons. The molecule has 0 aromatic heterocycles. The molecule has 7 nitrogen and oxygen atoms in total. The van der Waals surface area contributed by atoms with Crippen LogP contribution in [0.25, 0.3) is 6.08 Å². The van der Waals surface area contributed by atoms with Gasteiger partial charge in [-0.3, -0.25) is 9.59 Å². The van der Waals surface area contributed by atoms with Gasteiger partial charge in [0.1, 0.15) is 23.2 Å². The van der Waals surface area contributed by atoms with E-state index >= 15 is 0 Å². The Bertz CT molecular complexity index is 1500. The van der Waals surface area contributed by atoms with Crippen LogP contribution in [0.5, 0.6) is 11.5 Å². The monoisotopic (exact) mass is 586 g/mol. The minimum Gasteiger partial charge on any atom is -0.480 e. The maximum atomic E-state index is 13.3. The first-order valence-corrected chi connectivity index (χ1v) is 14.2. The van der Waals surface area contributed by atoms with Crippen LogP contribution >= 0.6 is 23.4 Å². The number of aliphatic carboxylic acids is 1. The summed E-state index contributed by atoms with van der Waals surface area (Å²) in [5, 5.41) is 15.4. The lowest BCUT2D eigenvalue weighted by Crippen LogP contribution is -2.45. The third-order valence-corrected chi connectivity index (χ3v) is 7.13. The van der Waals surface area contributed by atoms with Crippen molar-refractivity contribution in [3.8, 4) is 11.5 Å². The summed E-state index contributed by atoms with van der Waals surface area (Å²) in [6.45, 7) is 0. The lowest BCUT2D eigenvalue weighted by molar-refractivity contribution is -0.140. The smallest absolute Gasteiger partial charge is 0.327 e. The summed E-state index contributed by atoms with van der Waals surface area (Å²) < 4.78 is 5.82. The topological polar surface area (TPSA) is 105 Å². The van der Waals surface area contributed by atoms with Crippen LogP contribution < -0.4 is 15.4 Å². The normalized spacial score (nSPS) is 11.8. The average molecular weight is 587 g/mol. The van der Waals surface area contributed by atoms with E-state index in [1.165, 1.54) is 30.0 Å². The summed E-state index contributed by atoms with van der Waals surface area (Å²) in [7, 11) is 0. The minimum atomic E-state index is -1.18. The number of thioether (sulfide) groups is 1. The van der Waals surface area contributed by atoms with Crippen molar-refractivity contribution >= 4 is 47.2 Å². The van der Waals surface area contributed by atoms with Crippen molar-refractivity contribution in [2.24, 2.45) is 0 Å². The van der Waals surface area contributed by atoms with Crippen LogP contribution in [0.1, 0.15) is 21.5 Å². The van der Waals surface area contributed by atoms with Gasteiger partial charge in [0.05, 0.1) is 0 Å². The van der Waals surface area contributed by atoms with Crippen molar-refractivity contribution in [2.45, 2.75) is 11.8 Å². The van der Waals surface area contributed by atoms with Crippen LogP contribution in [0.3, 0.4) is 0 Å². The second-order valence-electron chi connectivity index (χ2n) is 8.87. The van der Waals surface area contributed by atoms with Gasteiger partial charge in [-0.15, -0.1) is 0 Å². The molecule has 0 heterocycles. The fraction of sp³-hybridized carbons (Fsp3) is 0.0938. The Morgan fingerprint density at radius 2 is 1.44 bits per heavy atom. The van der Waals surface area contributed by atoms with Crippen LogP contribution in [0, 0.1) is 0 Å². The molecule has 9 heteroatoms. The fourth-order valence-electron chi connectivity index (χ4n) is 3.66.